The second-order valence-electron chi connectivity index (χ2n) is 16.1. The van der Waals surface area contributed by atoms with E-state index < -0.39 is 70.6 Å². The number of hydrogen-bond acceptors (Lipinski definition) is 7. The Balaban J connectivity index is 1.78. The number of nitrogens with one attached hydrogen (secondary N) is 4. The highest BCUT2D eigenvalue weighted by molar-refractivity contribution is 6.37. The molecular formula is C32H54N6O7. The van der Waals surface area contributed by atoms with Crippen LogP contribution >= 0.6 is 0 Å². The number of ether oxygens (including phenoxy) is 1. The molecule has 0 aromatic rings. The van der Waals surface area contributed by atoms with Crippen LogP contribution in [-0.2, 0) is 23.9 Å². The smallest absolute Gasteiger partial charge is 0.407 e. The van der Waals surface area contributed by atoms with Gasteiger partial charge in [0.1, 0.15) is 18.7 Å². The van der Waals surface area contributed by atoms with Crippen molar-refractivity contribution >= 4 is 35.6 Å². The predicted molar refractivity (Wildman–Crippen MR) is 168 cm³/mol. The number of carbonyl (C=O) groups excluding carboxylic acids is 6. The Morgan fingerprint density at radius 3 is 2.00 bits per heavy atom. The molecule has 0 bridgehead atoms. The number of likely N-dealkylation sites (tertiary alicyclic amines) is 1. The predicted octanol–water partition coefficient (Wildman–Crippen LogP) is 2.07. The Kier molecular flexibility index (Phi) is 10.6. The standard InChI is InChI=1S/C32H54N6O7/c1-16(2)34-29(44)45-15-20(30(3,4)5)36-28(43)37-24(31(6,7)8)27(42)38-14-18-21(32(18,9)10)22(38)26(41)35-19(13-17-11-12-17)23(39)25(33)40/h16-22,24H,11-15H2,1-10H3,(H2,33,40)(H,34,44)(H,35,41)(H2,36,37,43)/t18?,19?,20-,21+,22+,24-/m1/s1. The molecule has 6 N–H and O–H groups in total. The number of alkyl carbamates (subject to hydrolysis) is 1. The highest BCUT2D eigenvalue weighted by atomic mass is 16.5. The second kappa shape index (κ2) is 13.2. The summed E-state index contributed by atoms with van der Waals surface area (Å²) >= 11 is 0. The normalized spacial score (nSPS) is 24.1. The molecule has 6 atom stereocenters. The Hall–Kier alpha value is -3.38. The third-order valence-corrected chi connectivity index (χ3v) is 9.43. The van der Waals surface area contributed by atoms with Gasteiger partial charge in [0, 0.05) is 12.6 Å². The van der Waals surface area contributed by atoms with E-state index in [-0.39, 0.29) is 35.8 Å². The molecule has 0 spiro atoms. The summed E-state index contributed by atoms with van der Waals surface area (Å²) in [5, 5.41) is 11.1. The molecule has 1 aliphatic heterocycles. The summed E-state index contributed by atoms with van der Waals surface area (Å²) in [6.07, 6.45) is 1.56. The van der Waals surface area contributed by atoms with E-state index in [1.807, 2.05) is 69.2 Å². The monoisotopic (exact) mass is 634 g/mol. The zero-order valence-electron chi connectivity index (χ0n) is 28.5. The minimum absolute atomic E-state index is 0.0692. The van der Waals surface area contributed by atoms with Gasteiger partial charge in [-0.25, -0.2) is 9.59 Å². The van der Waals surface area contributed by atoms with Gasteiger partial charge in [0.2, 0.25) is 17.6 Å². The minimum atomic E-state index is -1.10. The number of piperidine rings is 1. The molecule has 6 amide bonds. The summed E-state index contributed by atoms with van der Waals surface area (Å²) in [5.41, 5.74) is 3.87. The molecular weight excluding hydrogens is 580 g/mol. The van der Waals surface area contributed by atoms with Crippen LogP contribution in [0.3, 0.4) is 0 Å². The maximum atomic E-state index is 14.2. The lowest BCUT2D eigenvalue weighted by Crippen LogP contribution is -2.62. The van der Waals surface area contributed by atoms with Crippen molar-refractivity contribution in [1.29, 1.82) is 0 Å². The Morgan fingerprint density at radius 2 is 1.51 bits per heavy atom. The van der Waals surface area contributed by atoms with Crippen molar-refractivity contribution in [3.8, 4) is 0 Å². The van der Waals surface area contributed by atoms with Crippen molar-refractivity contribution in [1.82, 2.24) is 26.2 Å². The number of ketones is 1. The van der Waals surface area contributed by atoms with E-state index in [1.54, 1.807) is 0 Å². The van der Waals surface area contributed by atoms with E-state index >= 15 is 0 Å². The maximum absolute atomic E-state index is 14.2. The summed E-state index contributed by atoms with van der Waals surface area (Å²) in [6.45, 7) is 19.1. The van der Waals surface area contributed by atoms with Crippen LogP contribution in [0.2, 0.25) is 0 Å². The highest BCUT2D eigenvalue weighted by Gasteiger charge is 2.70. The first kappa shape index (κ1) is 36.1. The van der Waals surface area contributed by atoms with Crippen molar-refractivity contribution in [2.45, 2.75) is 119 Å². The van der Waals surface area contributed by atoms with Gasteiger partial charge < -0.3 is 36.6 Å². The Labute approximate surface area is 266 Å². The topological polar surface area (TPSA) is 189 Å². The fourth-order valence-corrected chi connectivity index (χ4v) is 6.25. The molecule has 3 fully saturated rings. The molecule has 13 heteroatoms. The molecule has 1 saturated heterocycles. The van der Waals surface area contributed by atoms with Gasteiger partial charge in [0.25, 0.3) is 5.91 Å². The largest absolute Gasteiger partial charge is 0.447 e. The van der Waals surface area contributed by atoms with E-state index in [1.165, 1.54) is 4.90 Å². The summed E-state index contributed by atoms with van der Waals surface area (Å²) < 4.78 is 5.35. The SMILES string of the molecule is CC(C)NC(=O)OC[C@@H](NC(=O)N[C@H](C(=O)N1CC2[C@@H]([C@H]1C(=O)NC(CC1CC1)C(=O)C(N)=O)C2(C)C)C(C)(C)C)C(C)(C)C. The molecule has 3 rings (SSSR count). The number of urea groups is 1. The Morgan fingerprint density at radius 1 is 0.911 bits per heavy atom. The number of amides is 6. The van der Waals surface area contributed by atoms with Crippen LogP contribution in [0, 0.1) is 34.0 Å². The Bertz CT molecular complexity index is 1180. The van der Waals surface area contributed by atoms with Crippen LogP contribution < -0.4 is 27.0 Å². The van der Waals surface area contributed by atoms with E-state index in [0.717, 1.165) is 12.8 Å². The van der Waals surface area contributed by atoms with Crippen molar-refractivity contribution in [2.24, 2.45) is 39.7 Å². The second-order valence-corrected chi connectivity index (χ2v) is 16.1. The fraction of sp³-hybridized carbons (Fsp3) is 0.812. The lowest BCUT2D eigenvalue weighted by atomic mass is 9.85. The average Bonchev–Trinajstić information content (AvgIpc) is 3.74. The molecule has 0 aromatic carbocycles. The first-order valence-corrected chi connectivity index (χ1v) is 16.0. The third kappa shape index (κ3) is 8.88. The number of nitrogens with two attached hydrogens (primary N) is 1. The summed E-state index contributed by atoms with van der Waals surface area (Å²) in [5.74, 6) is -2.69. The molecule has 2 unspecified atom stereocenters. The molecule has 0 aromatic heterocycles. The molecule has 0 radical (unpaired) electrons. The molecule has 13 nitrogen and oxygen atoms in total. The van der Waals surface area contributed by atoms with E-state index in [9.17, 15) is 28.8 Å². The number of carbonyl (C=O) groups is 6. The van der Waals surface area contributed by atoms with Gasteiger partial charge in [0.05, 0.1) is 12.1 Å². The maximum Gasteiger partial charge on any atom is 0.407 e. The van der Waals surface area contributed by atoms with Crippen LogP contribution in [0.5, 0.6) is 0 Å². The average molecular weight is 635 g/mol. The van der Waals surface area contributed by atoms with Crippen LogP contribution in [0.4, 0.5) is 9.59 Å². The van der Waals surface area contributed by atoms with Crippen molar-refractivity contribution in [2.75, 3.05) is 13.2 Å². The minimum Gasteiger partial charge on any atom is -0.447 e. The van der Waals surface area contributed by atoms with Gasteiger partial charge in [-0.3, -0.25) is 19.2 Å². The number of primary amides is 1. The first-order chi connectivity index (χ1) is 20.5. The summed E-state index contributed by atoms with van der Waals surface area (Å²) in [4.78, 5) is 79.3. The molecule has 254 valence electrons. The molecule has 3 aliphatic rings. The summed E-state index contributed by atoms with van der Waals surface area (Å²) in [6, 6.07) is -4.21. The zero-order chi connectivity index (χ0) is 34.2. The van der Waals surface area contributed by atoms with Gasteiger partial charge in [0.15, 0.2) is 0 Å². The quantitative estimate of drug-likeness (QED) is 0.203. The fourth-order valence-electron chi connectivity index (χ4n) is 6.25. The summed E-state index contributed by atoms with van der Waals surface area (Å²) in [7, 11) is 0. The van der Waals surface area contributed by atoms with Crippen LogP contribution in [-0.4, -0.2) is 83.9 Å². The van der Waals surface area contributed by atoms with Crippen molar-refractivity contribution in [3.63, 3.8) is 0 Å². The first-order valence-electron chi connectivity index (χ1n) is 16.0. The van der Waals surface area contributed by atoms with Crippen LogP contribution in [0.1, 0.15) is 88.5 Å². The number of rotatable bonds is 12. The van der Waals surface area contributed by atoms with Crippen molar-refractivity contribution < 1.29 is 33.5 Å². The number of nitrogens with zero attached hydrogens (tertiary/aromatic N) is 1. The molecule has 2 aliphatic carbocycles. The van der Waals surface area contributed by atoms with E-state index in [2.05, 4.69) is 21.3 Å². The van der Waals surface area contributed by atoms with Gasteiger partial charge in [-0.1, -0.05) is 68.2 Å². The van der Waals surface area contributed by atoms with E-state index in [4.69, 9.17) is 10.5 Å². The molecule has 1 heterocycles. The molecule has 2 saturated carbocycles. The van der Waals surface area contributed by atoms with Crippen LogP contribution in [0.25, 0.3) is 0 Å². The van der Waals surface area contributed by atoms with E-state index in [0.29, 0.717) is 13.0 Å². The van der Waals surface area contributed by atoms with Crippen molar-refractivity contribution in [3.05, 3.63) is 0 Å². The van der Waals surface area contributed by atoms with Gasteiger partial charge >= 0.3 is 12.1 Å². The van der Waals surface area contributed by atoms with Gasteiger partial charge in [-0.2, -0.15) is 0 Å². The number of fused-ring (bicyclic) bond motifs is 1. The number of Topliss-reactive ketones (excluding diaryl/α,β-unsaturated/α-hetero) is 1. The van der Waals surface area contributed by atoms with Gasteiger partial charge in [-0.05, 0) is 54.3 Å². The lowest BCUT2D eigenvalue weighted by molar-refractivity contribution is -0.145. The molecule has 45 heavy (non-hydrogen) atoms. The highest BCUT2D eigenvalue weighted by Crippen LogP contribution is 2.65. The zero-order valence-corrected chi connectivity index (χ0v) is 28.5. The van der Waals surface area contributed by atoms with Crippen LogP contribution in [0.15, 0.2) is 0 Å². The lowest BCUT2D eigenvalue weighted by Gasteiger charge is -2.38. The van der Waals surface area contributed by atoms with Gasteiger partial charge in [-0.15, -0.1) is 0 Å². The number of hydrogen-bond donors (Lipinski definition) is 5. The third-order valence-electron chi connectivity index (χ3n) is 9.43.